The van der Waals surface area contributed by atoms with E-state index in [-0.39, 0.29) is 5.69 Å². The molecule has 0 N–H and O–H groups in total. The molecular formula is C25H29N3O5. The summed E-state index contributed by atoms with van der Waals surface area (Å²) in [5.41, 5.74) is -0.149. The van der Waals surface area contributed by atoms with Crippen molar-refractivity contribution in [1.29, 1.82) is 0 Å². The van der Waals surface area contributed by atoms with Gasteiger partial charge in [-0.15, -0.1) is 0 Å². The molecule has 0 unspecified atom stereocenters. The van der Waals surface area contributed by atoms with Gasteiger partial charge in [0.05, 0.1) is 11.0 Å². The molecule has 0 saturated carbocycles. The van der Waals surface area contributed by atoms with Crippen LogP contribution in [0.2, 0.25) is 0 Å². The maximum absolute atomic E-state index is 13.4. The highest BCUT2D eigenvalue weighted by Crippen LogP contribution is 2.22. The van der Waals surface area contributed by atoms with E-state index in [1.807, 2.05) is 24.3 Å². The van der Waals surface area contributed by atoms with Crippen LogP contribution in [0.5, 0.6) is 0 Å². The second kappa shape index (κ2) is 9.13. The van der Waals surface area contributed by atoms with Crippen LogP contribution in [0.15, 0.2) is 42.6 Å². The number of aromatic nitrogens is 2. The molecule has 1 aromatic carbocycles. The van der Waals surface area contributed by atoms with E-state index in [1.165, 1.54) is 0 Å². The van der Waals surface area contributed by atoms with Crippen LogP contribution in [-0.4, -0.2) is 57.0 Å². The first-order valence-electron chi connectivity index (χ1n) is 10.7. The lowest BCUT2D eigenvalue weighted by Crippen LogP contribution is -2.43. The highest BCUT2D eigenvalue weighted by molar-refractivity contribution is 6.05. The van der Waals surface area contributed by atoms with Crippen molar-refractivity contribution in [2.75, 3.05) is 13.1 Å². The molecule has 1 amide bonds. The molecular weight excluding hydrogens is 422 g/mol. The van der Waals surface area contributed by atoms with Crippen molar-refractivity contribution < 1.29 is 23.9 Å². The van der Waals surface area contributed by atoms with Gasteiger partial charge in [0.15, 0.2) is 0 Å². The largest absolute Gasteiger partial charge is 0.459 e. The van der Waals surface area contributed by atoms with Gasteiger partial charge in [-0.2, -0.15) is 0 Å². The smallest absolute Gasteiger partial charge is 0.326 e. The molecule has 8 heteroatoms. The van der Waals surface area contributed by atoms with Crippen LogP contribution in [-0.2, 0) is 19.1 Å². The number of ether oxygens (including phenoxy) is 2. The molecule has 0 fully saturated rings. The molecule has 174 valence electrons. The zero-order valence-corrected chi connectivity index (χ0v) is 19.8. The van der Waals surface area contributed by atoms with E-state index in [1.54, 1.807) is 59.9 Å². The number of pyridine rings is 2. The van der Waals surface area contributed by atoms with Gasteiger partial charge in [0.2, 0.25) is 0 Å². The standard InChI is InChI=1S/C25H29N3O5/c1-24(2,3)32-19(29)14-28(15-20(30)33-25(4,5)6)23(31)18-12-11-17-10-9-16-8-7-13-26-21(16)22(17)27-18/h7-13H,14-15H2,1-6H3. The summed E-state index contributed by atoms with van der Waals surface area (Å²) < 4.78 is 10.7. The van der Waals surface area contributed by atoms with E-state index in [4.69, 9.17) is 9.47 Å². The number of amides is 1. The van der Waals surface area contributed by atoms with Crippen molar-refractivity contribution in [2.24, 2.45) is 0 Å². The first-order valence-corrected chi connectivity index (χ1v) is 10.7. The Morgan fingerprint density at radius 2 is 1.30 bits per heavy atom. The lowest BCUT2D eigenvalue weighted by Gasteiger charge is -2.26. The van der Waals surface area contributed by atoms with Crippen LogP contribution in [0.3, 0.4) is 0 Å². The van der Waals surface area contributed by atoms with Gasteiger partial charge in [-0.25, -0.2) is 4.98 Å². The predicted molar refractivity (Wildman–Crippen MR) is 125 cm³/mol. The lowest BCUT2D eigenvalue weighted by atomic mass is 10.1. The molecule has 33 heavy (non-hydrogen) atoms. The molecule has 0 bridgehead atoms. The number of rotatable bonds is 5. The van der Waals surface area contributed by atoms with Crippen molar-refractivity contribution in [3.63, 3.8) is 0 Å². The Morgan fingerprint density at radius 3 is 1.85 bits per heavy atom. The second-order valence-electron chi connectivity index (χ2n) is 9.74. The van der Waals surface area contributed by atoms with Crippen LogP contribution < -0.4 is 0 Å². The molecule has 0 atom stereocenters. The van der Waals surface area contributed by atoms with Crippen molar-refractivity contribution in [3.8, 4) is 0 Å². The molecule has 8 nitrogen and oxygen atoms in total. The SMILES string of the molecule is CC(C)(C)OC(=O)CN(CC(=O)OC(C)(C)C)C(=O)c1ccc2ccc3cccnc3c2n1. The van der Waals surface area contributed by atoms with E-state index in [2.05, 4.69) is 9.97 Å². The van der Waals surface area contributed by atoms with Crippen LogP contribution in [0.1, 0.15) is 52.0 Å². The summed E-state index contributed by atoms with van der Waals surface area (Å²) in [5.74, 6) is -1.85. The zero-order chi connectivity index (χ0) is 24.4. The molecule has 0 aliphatic heterocycles. The lowest BCUT2D eigenvalue weighted by molar-refractivity contribution is -0.158. The van der Waals surface area contributed by atoms with Gasteiger partial charge in [0.1, 0.15) is 30.0 Å². The molecule has 3 rings (SSSR count). The molecule has 0 saturated heterocycles. The summed E-state index contributed by atoms with van der Waals surface area (Å²) in [7, 11) is 0. The molecule has 0 radical (unpaired) electrons. The van der Waals surface area contributed by atoms with Gasteiger partial charge in [-0.1, -0.05) is 24.3 Å². The highest BCUT2D eigenvalue weighted by atomic mass is 16.6. The highest BCUT2D eigenvalue weighted by Gasteiger charge is 2.28. The van der Waals surface area contributed by atoms with E-state index >= 15 is 0 Å². The fourth-order valence-corrected chi connectivity index (χ4v) is 3.26. The molecule has 0 aliphatic rings. The third kappa shape index (κ3) is 6.47. The van der Waals surface area contributed by atoms with Crippen molar-refractivity contribution >= 4 is 39.7 Å². The Balaban J connectivity index is 1.95. The Kier molecular flexibility index (Phi) is 6.67. The monoisotopic (exact) mass is 451 g/mol. The average Bonchev–Trinajstić information content (AvgIpc) is 2.69. The van der Waals surface area contributed by atoms with Gasteiger partial charge in [0, 0.05) is 17.0 Å². The predicted octanol–water partition coefficient (Wildman–Crippen LogP) is 3.91. The van der Waals surface area contributed by atoms with Crippen LogP contribution in [0.25, 0.3) is 21.8 Å². The number of nitrogens with zero attached hydrogens (tertiary/aromatic N) is 3. The number of hydrogen-bond donors (Lipinski definition) is 0. The van der Waals surface area contributed by atoms with Crippen molar-refractivity contribution in [2.45, 2.75) is 52.7 Å². The Bertz CT molecular complexity index is 1180. The Labute approximate surface area is 192 Å². The van der Waals surface area contributed by atoms with E-state index in [0.717, 1.165) is 15.7 Å². The van der Waals surface area contributed by atoms with Gasteiger partial charge >= 0.3 is 11.9 Å². The number of fused-ring (bicyclic) bond motifs is 3. The molecule has 0 spiro atoms. The fraction of sp³-hybridized carbons (Fsp3) is 0.400. The Hall–Kier alpha value is -3.55. The maximum atomic E-state index is 13.4. The van der Waals surface area contributed by atoms with E-state index in [0.29, 0.717) is 11.0 Å². The summed E-state index contributed by atoms with van der Waals surface area (Å²) in [4.78, 5) is 48.3. The summed E-state index contributed by atoms with van der Waals surface area (Å²) in [5, 5.41) is 1.71. The second-order valence-corrected chi connectivity index (χ2v) is 9.74. The molecule has 3 aromatic rings. The third-order valence-electron chi connectivity index (χ3n) is 4.42. The van der Waals surface area contributed by atoms with Crippen molar-refractivity contribution in [3.05, 3.63) is 48.3 Å². The topological polar surface area (TPSA) is 98.7 Å². The molecule has 0 aliphatic carbocycles. The van der Waals surface area contributed by atoms with Crippen LogP contribution in [0.4, 0.5) is 0 Å². The normalized spacial score (nSPS) is 11.9. The first-order chi connectivity index (χ1) is 15.3. The molecule has 2 aromatic heterocycles. The summed E-state index contributed by atoms with van der Waals surface area (Å²) in [6, 6.07) is 10.9. The number of carbonyl (C=O) groups is 3. The van der Waals surface area contributed by atoms with Crippen LogP contribution >= 0.6 is 0 Å². The first kappa shape index (κ1) is 24.1. The minimum Gasteiger partial charge on any atom is -0.459 e. The summed E-state index contributed by atoms with van der Waals surface area (Å²) in [6.45, 7) is 9.55. The molecule has 2 heterocycles. The van der Waals surface area contributed by atoms with Gasteiger partial charge < -0.3 is 14.4 Å². The fourth-order valence-electron chi connectivity index (χ4n) is 3.26. The minimum absolute atomic E-state index is 0.0905. The number of carbonyl (C=O) groups excluding carboxylic acids is 3. The number of benzene rings is 1. The minimum atomic E-state index is -0.733. The van der Waals surface area contributed by atoms with Crippen molar-refractivity contribution in [1.82, 2.24) is 14.9 Å². The Morgan fingerprint density at radius 1 is 0.788 bits per heavy atom. The maximum Gasteiger partial charge on any atom is 0.326 e. The van der Waals surface area contributed by atoms with Crippen LogP contribution in [0, 0.1) is 0 Å². The quantitative estimate of drug-likeness (QED) is 0.428. The van der Waals surface area contributed by atoms with Gasteiger partial charge in [-0.3, -0.25) is 19.4 Å². The van der Waals surface area contributed by atoms with Gasteiger partial charge in [0.25, 0.3) is 5.91 Å². The summed E-state index contributed by atoms with van der Waals surface area (Å²) >= 11 is 0. The third-order valence-corrected chi connectivity index (χ3v) is 4.42. The van der Waals surface area contributed by atoms with E-state index in [9.17, 15) is 14.4 Å². The number of esters is 2. The van der Waals surface area contributed by atoms with E-state index < -0.39 is 42.1 Å². The van der Waals surface area contributed by atoms with Gasteiger partial charge in [-0.05, 0) is 53.7 Å². The zero-order valence-electron chi connectivity index (χ0n) is 19.8. The summed E-state index contributed by atoms with van der Waals surface area (Å²) in [6.07, 6.45) is 1.66. The average molecular weight is 452 g/mol. The number of hydrogen-bond acceptors (Lipinski definition) is 7.